The Morgan fingerprint density at radius 2 is 1.76 bits per heavy atom. The highest BCUT2D eigenvalue weighted by atomic mass is 16.5. The second-order valence-corrected chi connectivity index (χ2v) is 7.06. The Bertz CT molecular complexity index is 1100. The van der Waals surface area contributed by atoms with Crippen LogP contribution >= 0.6 is 0 Å². The Hall–Kier alpha value is -3.48. The second kappa shape index (κ2) is 8.68. The van der Waals surface area contributed by atoms with E-state index in [1.165, 1.54) is 17.8 Å². The Balaban J connectivity index is 1.66. The minimum atomic E-state index is -1.01. The molecule has 1 heterocycles. The second-order valence-electron chi connectivity index (χ2n) is 7.06. The van der Waals surface area contributed by atoms with Crippen LogP contribution in [-0.4, -0.2) is 27.5 Å². The Morgan fingerprint density at radius 3 is 2.52 bits per heavy atom. The number of nitrogens with zero attached hydrogens (tertiary/aromatic N) is 2. The standard InChI is InChI=1S/C22H23N3O4/c1-14(2)16-8-4-7-11-19(16)24-21(27)15(3)29-20(26)12-25-13-23-18-10-6-5-9-17(18)22(25)28/h4-11,13-15H,12H2,1-3H3,(H,24,27)/t15-/m0/s1. The normalized spacial score (nSPS) is 12.0. The van der Waals surface area contributed by atoms with Crippen molar-refractivity contribution in [3.05, 3.63) is 70.8 Å². The van der Waals surface area contributed by atoms with Crippen LogP contribution in [0, 0.1) is 0 Å². The molecule has 0 aliphatic rings. The van der Waals surface area contributed by atoms with Gasteiger partial charge in [-0.05, 0) is 36.6 Å². The lowest BCUT2D eigenvalue weighted by Crippen LogP contribution is -2.33. The van der Waals surface area contributed by atoms with Gasteiger partial charge in [0, 0.05) is 5.69 Å². The van der Waals surface area contributed by atoms with Gasteiger partial charge in [-0.3, -0.25) is 19.0 Å². The molecule has 0 saturated carbocycles. The molecule has 7 nitrogen and oxygen atoms in total. The third kappa shape index (κ3) is 4.68. The molecule has 3 aromatic rings. The van der Waals surface area contributed by atoms with Crippen molar-refractivity contribution >= 4 is 28.5 Å². The number of para-hydroxylation sites is 2. The molecule has 2 aromatic carbocycles. The zero-order chi connectivity index (χ0) is 21.0. The first-order valence-electron chi connectivity index (χ1n) is 9.40. The van der Waals surface area contributed by atoms with Gasteiger partial charge in [-0.25, -0.2) is 4.98 Å². The van der Waals surface area contributed by atoms with Crippen molar-refractivity contribution in [2.75, 3.05) is 5.32 Å². The lowest BCUT2D eigenvalue weighted by Gasteiger charge is -2.17. The van der Waals surface area contributed by atoms with Gasteiger partial charge in [-0.15, -0.1) is 0 Å². The molecule has 1 amide bonds. The predicted molar refractivity (Wildman–Crippen MR) is 111 cm³/mol. The number of nitrogens with one attached hydrogen (secondary N) is 1. The van der Waals surface area contributed by atoms with Gasteiger partial charge >= 0.3 is 5.97 Å². The summed E-state index contributed by atoms with van der Waals surface area (Å²) in [6.45, 7) is 5.23. The lowest BCUT2D eigenvalue weighted by atomic mass is 10.0. The van der Waals surface area contributed by atoms with Crippen molar-refractivity contribution in [2.24, 2.45) is 0 Å². The summed E-state index contributed by atoms with van der Waals surface area (Å²) in [5.41, 5.74) is 1.90. The first-order chi connectivity index (χ1) is 13.9. The molecule has 3 rings (SSSR count). The summed E-state index contributed by atoms with van der Waals surface area (Å²) in [6, 6.07) is 14.4. The fourth-order valence-corrected chi connectivity index (χ4v) is 2.99. The fourth-order valence-electron chi connectivity index (χ4n) is 2.99. The van der Waals surface area contributed by atoms with Crippen molar-refractivity contribution in [3.8, 4) is 0 Å². The van der Waals surface area contributed by atoms with E-state index in [9.17, 15) is 14.4 Å². The number of aromatic nitrogens is 2. The van der Waals surface area contributed by atoms with Crippen LogP contribution in [0.4, 0.5) is 5.69 Å². The number of rotatable bonds is 6. The topological polar surface area (TPSA) is 90.3 Å². The van der Waals surface area contributed by atoms with Crippen LogP contribution in [0.3, 0.4) is 0 Å². The summed E-state index contributed by atoms with van der Waals surface area (Å²) < 4.78 is 6.39. The maximum atomic E-state index is 12.5. The van der Waals surface area contributed by atoms with Gasteiger partial charge in [0.05, 0.1) is 17.2 Å². The van der Waals surface area contributed by atoms with Crippen LogP contribution in [0.5, 0.6) is 0 Å². The van der Waals surface area contributed by atoms with Crippen LogP contribution in [0.15, 0.2) is 59.7 Å². The molecule has 1 N–H and O–H groups in total. The quantitative estimate of drug-likeness (QED) is 0.650. The number of hydrogen-bond acceptors (Lipinski definition) is 5. The van der Waals surface area contributed by atoms with E-state index in [-0.39, 0.29) is 18.0 Å². The van der Waals surface area contributed by atoms with E-state index in [1.807, 2.05) is 38.1 Å². The minimum absolute atomic E-state index is 0.233. The van der Waals surface area contributed by atoms with Crippen LogP contribution in [0.25, 0.3) is 10.9 Å². The molecule has 0 spiro atoms. The summed E-state index contributed by atoms with van der Waals surface area (Å²) in [5.74, 6) is -0.893. The largest absolute Gasteiger partial charge is 0.451 e. The monoisotopic (exact) mass is 393 g/mol. The molecular weight excluding hydrogens is 370 g/mol. The highest BCUT2D eigenvalue weighted by Crippen LogP contribution is 2.23. The molecule has 0 aliphatic heterocycles. The number of ether oxygens (including phenoxy) is 1. The van der Waals surface area contributed by atoms with Crippen molar-refractivity contribution in [1.29, 1.82) is 0 Å². The Kier molecular flexibility index (Phi) is 6.07. The molecule has 7 heteroatoms. The van der Waals surface area contributed by atoms with Gasteiger partial charge in [0.2, 0.25) is 0 Å². The van der Waals surface area contributed by atoms with Crippen LogP contribution in [0.2, 0.25) is 0 Å². The number of esters is 1. The summed E-state index contributed by atoms with van der Waals surface area (Å²) in [5, 5.41) is 3.22. The van der Waals surface area contributed by atoms with Crippen molar-refractivity contribution < 1.29 is 14.3 Å². The lowest BCUT2D eigenvalue weighted by molar-refractivity contribution is -0.153. The Labute approximate surface area is 168 Å². The zero-order valence-corrected chi connectivity index (χ0v) is 16.6. The van der Waals surface area contributed by atoms with Gasteiger partial charge in [0.25, 0.3) is 11.5 Å². The average Bonchev–Trinajstić information content (AvgIpc) is 2.70. The van der Waals surface area contributed by atoms with E-state index in [4.69, 9.17) is 4.74 Å². The molecule has 0 unspecified atom stereocenters. The van der Waals surface area contributed by atoms with Crippen LogP contribution < -0.4 is 10.9 Å². The van der Waals surface area contributed by atoms with Gasteiger partial charge in [0.15, 0.2) is 6.10 Å². The molecule has 0 bridgehead atoms. The van der Waals surface area contributed by atoms with Crippen molar-refractivity contribution in [2.45, 2.75) is 39.3 Å². The average molecular weight is 393 g/mol. The molecule has 1 atom stereocenters. The first-order valence-corrected chi connectivity index (χ1v) is 9.40. The third-order valence-corrected chi connectivity index (χ3v) is 4.55. The van der Waals surface area contributed by atoms with Crippen LogP contribution in [-0.2, 0) is 20.9 Å². The number of benzene rings is 2. The smallest absolute Gasteiger partial charge is 0.326 e. The number of carbonyl (C=O) groups is 2. The van der Waals surface area contributed by atoms with E-state index in [2.05, 4.69) is 10.3 Å². The fraction of sp³-hybridized carbons (Fsp3) is 0.273. The summed E-state index contributed by atoms with van der Waals surface area (Å²) in [4.78, 5) is 41.3. The SMILES string of the molecule is CC(C)c1ccccc1NC(=O)[C@H](C)OC(=O)Cn1cnc2ccccc2c1=O. The molecule has 0 saturated heterocycles. The third-order valence-electron chi connectivity index (χ3n) is 4.55. The number of carbonyl (C=O) groups excluding carboxylic acids is 2. The number of amides is 1. The van der Waals surface area contributed by atoms with Crippen molar-refractivity contribution in [3.63, 3.8) is 0 Å². The Morgan fingerprint density at radius 1 is 1.07 bits per heavy atom. The van der Waals surface area contributed by atoms with E-state index < -0.39 is 18.0 Å². The van der Waals surface area contributed by atoms with Crippen LogP contribution in [0.1, 0.15) is 32.3 Å². The summed E-state index contributed by atoms with van der Waals surface area (Å²) in [6.07, 6.45) is 0.294. The van der Waals surface area contributed by atoms with Gasteiger partial charge in [-0.2, -0.15) is 0 Å². The van der Waals surface area contributed by atoms with E-state index >= 15 is 0 Å². The first kappa shape index (κ1) is 20.3. The van der Waals surface area contributed by atoms with E-state index in [0.29, 0.717) is 16.6 Å². The number of hydrogen-bond donors (Lipinski definition) is 1. The van der Waals surface area contributed by atoms with E-state index in [1.54, 1.807) is 24.3 Å². The predicted octanol–water partition coefficient (Wildman–Crippen LogP) is 3.09. The van der Waals surface area contributed by atoms with Gasteiger partial charge in [0.1, 0.15) is 6.54 Å². The van der Waals surface area contributed by atoms with Gasteiger partial charge in [-0.1, -0.05) is 44.2 Å². The molecular formula is C22H23N3O4. The maximum Gasteiger partial charge on any atom is 0.326 e. The number of fused-ring (bicyclic) bond motifs is 1. The zero-order valence-electron chi connectivity index (χ0n) is 16.6. The highest BCUT2D eigenvalue weighted by Gasteiger charge is 2.20. The molecule has 0 radical (unpaired) electrons. The van der Waals surface area contributed by atoms with Crippen molar-refractivity contribution in [1.82, 2.24) is 9.55 Å². The molecule has 150 valence electrons. The highest BCUT2D eigenvalue weighted by molar-refractivity contribution is 5.95. The minimum Gasteiger partial charge on any atom is -0.451 e. The molecule has 1 aromatic heterocycles. The summed E-state index contributed by atoms with van der Waals surface area (Å²) >= 11 is 0. The van der Waals surface area contributed by atoms with E-state index in [0.717, 1.165) is 5.56 Å². The van der Waals surface area contributed by atoms with Gasteiger partial charge < -0.3 is 10.1 Å². The molecule has 0 aliphatic carbocycles. The molecule has 29 heavy (non-hydrogen) atoms. The number of anilines is 1. The maximum absolute atomic E-state index is 12.5. The summed E-state index contributed by atoms with van der Waals surface area (Å²) in [7, 11) is 0. The molecule has 0 fully saturated rings.